The Kier molecular flexibility index (Phi) is 8.01. The van der Waals surface area contributed by atoms with Crippen LogP contribution in [-0.2, 0) is 4.84 Å². The van der Waals surface area contributed by atoms with Crippen molar-refractivity contribution in [2.45, 2.75) is 19.8 Å². The number of rotatable bonds is 5. The van der Waals surface area contributed by atoms with Crippen LogP contribution in [0.1, 0.15) is 19.8 Å². The van der Waals surface area contributed by atoms with Gasteiger partial charge in [0.1, 0.15) is 5.75 Å². The third-order valence-corrected chi connectivity index (χ3v) is 3.39. The summed E-state index contributed by atoms with van der Waals surface area (Å²) in [6, 6.07) is 25.5. The van der Waals surface area contributed by atoms with E-state index >= 15 is 0 Å². The first-order valence-corrected chi connectivity index (χ1v) is 8.40. The third-order valence-electron chi connectivity index (χ3n) is 3.39. The highest BCUT2D eigenvalue weighted by Crippen LogP contribution is 2.11. The monoisotopic (exact) mass is 337 g/mol. The summed E-state index contributed by atoms with van der Waals surface area (Å²) in [5.74, 6) is 0.472. The molecular weight excluding hydrogens is 314 g/mol. The molecule has 0 aliphatic rings. The Labute approximate surface area is 148 Å². The van der Waals surface area contributed by atoms with Crippen LogP contribution in [0.4, 0.5) is 4.79 Å². The van der Waals surface area contributed by atoms with Crippen molar-refractivity contribution in [3.63, 3.8) is 0 Å². The van der Waals surface area contributed by atoms with Crippen molar-refractivity contribution in [3.05, 3.63) is 78.9 Å². The molecule has 0 aromatic heterocycles. The van der Waals surface area contributed by atoms with Crippen LogP contribution in [-0.4, -0.2) is 12.7 Å². The van der Waals surface area contributed by atoms with E-state index in [9.17, 15) is 4.79 Å². The second kappa shape index (κ2) is 10.8. The van der Waals surface area contributed by atoms with Gasteiger partial charge < -0.3 is 9.57 Å². The van der Waals surface area contributed by atoms with Crippen molar-refractivity contribution in [1.29, 1.82) is 0 Å². The standard InChI is InChI=1S/C11H15NO3.C10H8/c1-2-3-9-12-15-11(13)14-10-7-5-4-6-8-10;1-2-6-10-8-4-3-7-9(10)5-1/h4-8,12H,2-3,9H2,1H3;1-8H. The molecular formula is C21H23NO3. The second-order valence-electron chi connectivity index (χ2n) is 5.36. The maximum Gasteiger partial charge on any atom is 0.533 e. The van der Waals surface area contributed by atoms with Crippen molar-refractivity contribution < 1.29 is 14.4 Å². The van der Waals surface area contributed by atoms with Crippen molar-refractivity contribution in [2.75, 3.05) is 6.54 Å². The normalized spacial score (nSPS) is 9.80. The van der Waals surface area contributed by atoms with Gasteiger partial charge in [-0.3, -0.25) is 0 Å². The Morgan fingerprint density at radius 1 is 0.840 bits per heavy atom. The largest absolute Gasteiger partial charge is 0.533 e. The number of fused-ring (bicyclic) bond motifs is 1. The van der Waals surface area contributed by atoms with E-state index in [-0.39, 0.29) is 0 Å². The van der Waals surface area contributed by atoms with E-state index in [1.165, 1.54) is 10.8 Å². The fourth-order valence-corrected chi connectivity index (χ4v) is 2.10. The maximum atomic E-state index is 11.1. The summed E-state index contributed by atoms with van der Waals surface area (Å²) in [5, 5.41) is 2.62. The molecule has 0 spiro atoms. The molecule has 0 bridgehead atoms. The second-order valence-corrected chi connectivity index (χ2v) is 5.36. The van der Waals surface area contributed by atoms with Crippen LogP contribution in [0.5, 0.6) is 5.75 Å². The number of unbranched alkanes of at least 4 members (excludes halogenated alkanes) is 1. The third kappa shape index (κ3) is 7.06. The lowest BCUT2D eigenvalue weighted by atomic mass is 10.1. The molecule has 4 nitrogen and oxygen atoms in total. The quantitative estimate of drug-likeness (QED) is 0.295. The summed E-state index contributed by atoms with van der Waals surface area (Å²) in [4.78, 5) is 15.7. The van der Waals surface area contributed by atoms with Crippen molar-refractivity contribution in [2.24, 2.45) is 0 Å². The van der Waals surface area contributed by atoms with Crippen molar-refractivity contribution in [3.8, 4) is 5.75 Å². The summed E-state index contributed by atoms with van der Waals surface area (Å²) < 4.78 is 4.87. The van der Waals surface area contributed by atoms with Crippen molar-refractivity contribution in [1.82, 2.24) is 5.48 Å². The van der Waals surface area contributed by atoms with Gasteiger partial charge in [0.05, 0.1) is 0 Å². The van der Waals surface area contributed by atoms with E-state index in [1.807, 2.05) is 6.07 Å². The Bertz CT molecular complexity index is 694. The van der Waals surface area contributed by atoms with Crippen LogP contribution in [0.3, 0.4) is 0 Å². The molecule has 0 aliphatic carbocycles. The summed E-state index contributed by atoms with van der Waals surface area (Å²) in [5.41, 5.74) is 2.53. The van der Waals surface area contributed by atoms with E-state index < -0.39 is 6.16 Å². The van der Waals surface area contributed by atoms with Crippen LogP contribution < -0.4 is 10.2 Å². The lowest BCUT2D eigenvalue weighted by Crippen LogP contribution is -2.23. The molecule has 4 heteroatoms. The number of nitrogens with one attached hydrogen (secondary N) is 1. The molecule has 0 atom stereocenters. The predicted octanol–water partition coefficient (Wildman–Crippen LogP) is 5.35. The lowest BCUT2D eigenvalue weighted by molar-refractivity contribution is 0.0503. The highest BCUT2D eigenvalue weighted by molar-refractivity contribution is 5.82. The Balaban J connectivity index is 0.000000194. The number of carbonyl (C=O) groups is 1. The molecule has 0 unspecified atom stereocenters. The van der Waals surface area contributed by atoms with Gasteiger partial charge in [0.15, 0.2) is 0 Å². The van der Waals surface area contributed by atoms with Gasteiger partial charge in [-0.15, -0.1) is 5.48 Å². The highest BCUT2D eigenvalue weighted by Gasteiger charge is 2.04. The molecule has 0 saturated heterocycles. The molecule has 130 valence electrons. The minimum absolute atomic E-state index is 0.472. The van der Waals surface area contributed by atoms with Crippen molar-refractivity contribution >= 4 is 16.9 Å². The highest BCUT2D eigenvalue weighted by atomic mass is 16.8. The summed E-state index contributed by atoms with van der Waals surface area (Å²) in [7, 11) is 0. The number of hydrogen-bond acceptors (Lipinski definition) is 4. The molecule has 0 radical (unpaired) electrons. The van der Waals surface area contributed by atoms with Crippen LogP contribution in [0, 0.1) is 0 Å². The number of ether oxygens (including phenoxy) is 1. The number of carbonyl (C=O) groups excluding carboxylic acids is 1. The van der Waals surface area contributed by atoms with Crippen LogP contribution in [0.2, 0.25) is 0 Å². The van der Waals surface area contributed by atoms with Gasteiger partial charge in [-0.25, -0.2) is 4.79 Å². The first-order chi connectivity index (χ1) is 12.3. The zero-order chi connectivity index (χ0) is 17.7. The fourth-order valence-electron chi connectivity index (χ4n) is 2.10. The van der Waals surface area contributed by atoms with E-state index in [0.717, 1.165) is 12.8 Å². The molecule has 3 aromatic carbocycles. The molecule has 0 fully saturated rings. The molecule has 3 rings (SSSR count). The van der Waals surface area contributed by atoms with E-state index in [0.29, 0.717) is 12.3 Å². The Morgan fingerprint density at radius 3 is 1.88 bits per heavy atom. The smallest absolute Gasteiger partial charge is 0.394 e. The average molecular weight is 337 g/mol. The predicted molar refractivity (Wildman–Crippen MR) is 100 cm³/mol. The number of benzene rings is 3. The van der Waals surface area contributed by atoms with Gasteiger partial charge >= 0.3 is 6.16 Å². The minimum atomic E-state index is -0.739. The lowest BCUT2D eigenvalue weighted by Gasteiger charge is -2.05. The number of hydrogen-bond donors (Lipinski definition) is 1. The first kappa shape index (κ1) is 18.5. The SMILES string of the molecule is CCCCNOC(=O)Oc1ccccc1.c1ccc2ccccc2c1. The van der Waals surface area contributed by atoms with Gasteiger partial charge in [0.2, 0.25) is 0 Å². The molecule has 25 heavy (non-hydrogen) atoms. The van der Waals surface area contributed by atoms with Crippen LogP contribution in [0.15, 0.2) is 78.9 Å². The Morgan fingerprint density at radius 2 is 1.36 bits per heavy atom. The topological polar surface area (TPSA) is 47.6 Å². The van der Waals surface area contributed by atoms with Gasteiger partial charge in [-0.05, 0) is 29.3 Å². The Hall–Kier alpha value is -2.85. The van der Waals surface area contributed by atoms with E-state index in [2.05, 4.69) is 65.8 Å². The molecule has 0 saturated carbocycles. The summed E-state index contributed by atoms with van der Waals surface area (Å²) >= 11 is 0. The van der Waals surface area contributed by atoms with Crippen LogP contribution in [0.25, 0.3) is 10.8 Å². The van der Waals surface area contributed by atoms with E-state index in [4.69, 9.17) is 4.74 Å². The zero-order valence-electron chi connectivity index (χ0n) is 14.4. The minimum Gasteiger partial charge on any atom is -0.394 e. The first-order valence-electron chi connectivity index (χ1n) is 8.40. The van der Waals surface area contributed by atoms with Gasteiger partial charge in [-0.2, -0.15) is 0 Å². The molecule has 1 N–H and O–H groups in total. The van der Waals surface area contributed by atoms with Gasteiger partial charge in [0, 0.05) is 6.54 Å². The maximum absolute atomic E-state index is 11.1. The number of para-hydroxylation sites is 1. The fraction of sp³-hybridized carbons (Fsp3) is 0.190. The van der Waals surface area contributed by atoms with Crippen LogP contribution >= 0.6 is 0 Å². The average Bonchev–Trinajstić information content (AvgIpc) is 2.67. The molecule has 0 heterocycles. The van der Waals surface area contributed by atoms with E-state index in [1.54, 1.807) is 24.3 Å². The number of hydroxylamine groups is 1. The van der Waals surface area contributed by atoms with Gasteiger partial charge in [-0.1, -0.05) is 80.1 Å². The molecule has 0 amide bonds. The zero-order valence-corrected chi connectivity index (χ0v) is 14.4. The summed E-state index contributed by atoms with van der Waals surface area (Å²) in [6.07, 6.45) is 1.26. The van der Waals surface area contributed by atoms with Gasteiger partial charge in [0.25, 0.3) is 0 Å². The summed E-state index contributed by atoms with van der Waals surface area (Å²) in [6.45, 7) is 2.70. The molecule has 0 aliphatic heterocycles. The molecule has 3 aromatic rings.